The lowest BCUT2D eigenvalue weighted by Gasteiger charge is -2.34. The number of amides is 1. The van der Waals surface area contributed by atoms with Gasteiger partial charge in [-0.2, -0.15) is 5.10 Å². The number of carbonyl (C=O) groups excluding carboxylic acids is 1. The van der Waals surface area contributed by atoms with Gasteiger partial charge in [-0.1, -0.05) is 0 Å². The van der Waals surface area contributed by atoms with Gasteiger partial charge in [0.25, 0.3) is 0 Å². The van der Waals surface area contributed by atoms with Crippen LogP contribution in [0.15, 0.2) is 24.0 Å². The van der Waals surface area contributed by atoms with Gasteiger partial charge in [-0.25, -0.2) is 4.98 Å². The lowest BCUT2D eigenvalue weighted by Crippen LogP contribution is -2.41. The van der Waals surface area contributed by atoms with E-state index in [0.29, 0.717) is 17.9 Å². The van der Waals surface area contributed by atoms with Crippen molar-refractivity contribution < 1.29 is 4.79 Å². The second-order valence-corrected chi connectivity index (χ2v) is 8.48. The minimum Gasteiger partial charge on any atom is -0.342 e. The topological polar surface area (TPSA) is 54.3 Å². The second-order valence-electron chi connectivity index (χ2n) is 7.50. The monoisotopic (exact) mass is 359 g/mol. The maximum absolute atomic E-state index is 12.5. The highest BCUT2D eigenvalue weighted by Gasteiger charge is 2.56. The molecule has 6 nitrogen and oxygen atoms in total. The SMILES string of the molecule is CN(Cc1nccs1)[C@H]1CC12CCN(C(=O)Cc1cnn(C)c1)CC2. The maximum atomic E-state index is 12.5. The van der Waals surface area contributed by atoms with E-state index in [9.17, 15) is 4.79 Å². The maximum Gasteiger partial charge on any atom is 0.227 e. The van der Waals surface area contributed by atoms with Crippen molar-refractivity contribution >= 4 is 17.2 Å². The van der Waals surface area contributed by atoms with Crippen molar-refractivity contribution in [2.45, 2.75) is 38.3 Å². The Labute approximate surface area is 152 Å². The van der Waals surface area contributed by atoms with E-state index in [1.807, 2.05) is 29.7 Å². The molecule has 1 atom stereocenters. The summed E-state index contributed by atoms with van der Waals surface area (Å²) in [6, 6.07) is 0.645. The van der Waals surface area contributed by atoms with Gasteiger partial charge in [-0.15, -0.1) is 11.3 Å². The third-order valence-electron chi connectivity index (χ3n) is 5.77. The molecule has 0 bridgehead atoms. The van der Waals surface area contributed by atoms with Gasteiger partial charge >= 0.3 is 0 Å². The van der Waals surface area contributed by atoms with Gasteiger partial charge in [0.15, 0.2) is 0 Å². The van der Waals surface area contributed by atoms with Gasteiger partial charge in [0.05, 0.1) is 19.2 Å². The van der Waals surface area contributed by atoms with Gasteiger partial charge in [0, 0.05) is 44.0 Å². The van der Waals surface area contributed by atoms with E-state index in [0.717, 1.165) is 38.0 Å². The summed E-state index contributed by atoms with van der Waals surface area (Å²) in [5, 5.41) is 7.37. The minimum atomic E-state index is 0.233. The van der Waals surface area contributed by atoms with Crippen LogP contribution in [-0.2, 0) is 24.8 Å². The van der Waals surface area contributed by atoms with E-state index in [1.165, 1.54) is 11.4 Å². The standard InChI is InChI=1S/C18H25N5OS/c1-21(13-16-19-5-8-25-16)15-10-18(15)3-6-23(7-4-18)17(24)9-14-11-20-22(2)12-14/h5,8,11-12,15H,3-4,6-7,9-10,13H2,1-2H3/t15-/m0/s1. The Morgan fingerprint density at radius 2 is 2.24 bits per heavy atom. The molecule has 2 aromatic rings. The molecule has 2 fully saturated rings. The van der Waals surface area contributed by atoms with E-state index in [1.54, 1.807) is 22.2 Å². The zero-order chi connectivity index (χ0) is 17.4. The molecule has 1 aliphatic heterocycles. The van der Waals surface area contributed by atoms with E-state index in [-0.39, 0.29) is 5.91 Å². The molecule has 2 aliphatic rings. The number of rotatable bonds is 5. The Morgan fingerprint density at radius 1 is 1.44 bits per heavy atom. The number of likely N-dealkylation sites (tertiary alicyclic amines) is 1. The van der Waals surface area contributed by atoms with Gasteiger partial charge in [0.1, 0.15) is 5.01 Å². The van der Waals surface area contributed by atoms with Crippen molar-refractivity contribution in [1.82, 2.24) is 24.6 Å². The van der Waals surface area contributed by atoms with Gasteiger partial charge in [0.2, 0.25) is 5.91 Å². The first-order valence-corrected chi connectivity index (χ1v) is 9.78. The van der Waals surface area contributed by atoms with Crippen LogP contribution in [0.25, 0.3) is 0 Å². The summed E-state index contributed by atoms with van der Waals surface area (Å²) in [5.74, 6) is 0.233. The fourth-order valence-corrected chi connectivity index (χ4v) is 4.87. The van der Waals surface area contributed by atoms with Crippen molar-refractivity contribution in [3.05, 3.63) is 34.5 Å². The van der Waals surface area contributed by atoms with Crippen molar-refractivity contribution in [3.8, 4) is 0 Å². The number of piperidine rings is 1. The number of aromatic nitrogens is 3. The van der Waals surface area contributed by atoms with Gasteiger partial charge < -0.3 is 4.90 Å². The van der Waals surface area contributed by atoms with Crippen LogP contribution in [0.1, 0.15) is 29.8 Å². The largest absolute Gasteiger partial charge is 0.342 e. The molecule has 7 heteroatoms. The lowest BCUT2D eigenvalue weighted by atomic mass is 9.92. The molecule has 1 spiro atoms. The molecule has 0 N–H and O–H groups in total. The predicted molar refractivity (Wildman–Crippen MR) is 97.1 cm³/mol. The quantitative estimate of drug-likeness (QED) is 0.819. The van der Waals surface area contributed by atoms with Crippen LogP contribution in [0.5, 0.6) is 0 Å². The Morgan fingerprint density at radius 3 is 2.88 bits per heavy atom. The van der Waals surface area contributed by atoms with Crippen molar-refractivity contribution in [2.75, 3.05) is 20.1 Å². The first-order valence-electron chi connectivity index (χ1n) is 8.90. The number of hydrogen-bond donors (Lipinski definition) is 0. The van der Waals surface area contributed by atoms with Gasteiger partial charge in [-0.05, 0) is 37.3 Å². The van der Waals surface area contributed by atoms with Crippen molar-refractivity contribution in [2.24, 2.45) is 12.5 Å². The zero-order valence-electron chi connectivity index (χ0n) is 14.9. The van der Waals surface area contributed by atoms with Crippen LogP contribution < -0.4 is 0 Å². The highest BCUT2D eigenvalue weighted by molar-refractivity contribution is 7.09. The smallest absolute Gasteiger partial charge is 0.227 e. The summed E-state index contributed by atoms with van der Waals surface area (Å²) in [4.78, 5) is 21.4. The number of hydrogen-bond acceptors (Lipinski definition) is 5. The third-order valence-corrected chi connectivity index (χ3v) is 6.54. The Kier molecular flexibility index (Phi) is 4.37. The number of nitrogens with zero attached hydrogens (tertiary/aromatic N) is 5. The predicted octanol–water partition coefficient (Wildman–Crippen LogP) is 1.93. The summed E-state index contributed by atoms with van der Waals surface area (Å²) in [5.41, 5.74) is 1.43. The molecule has 3 heterocycles. The van der Waals surface area contributed by atoms with Crippen LogP contribution in [0.2, 0.25) is 0 Å². The first kappa shape index (κ1) is 16.7. The molecule has 0 radical (unpaired) electrons. The molecule has 1 saturated heterocycles. The summed E-state index contributed by atoms with van der Waals surface area (Å²) >= 11 is 1.73. The Bertz CT molecular complexity index is 732. The molecule has 0 unspecified atom stereocenters. The Hall–Kier alpha value is -1.73. The van der Waals surface area contributed by atoms with Crippen molar-refractivity contribution in [1.29, 1.82) is 0 Å². The molecule has 4 rings (SSSR count). The first-order chi connectivity index (χ1) is 12.1. The highest BCUT2D eigenvalue weighted by atomic mass is 32.1. The normalized spacial score (nSPS) is 21.9. The summed E-state index contributed by atoms with van der Waals surface area (Å²) in [7, 11) is 4.09. The molecule has 1 amide bonds. The van der Waals surface area contributed by atoms with E-state index in [4.69, 9.17) is 0 Å². The summed E-state index contributed by atoms with van der Waals surface area (Å²) in [6.45, 7) is 2.72. The third kappa shape index (κ3) is 3.48. The molecule has 134 valence electrons. The average molecular weight is 359 g/mol. The van der Waals surface area contributed by atoms with Crippen LogP contribution in [0, 0.1) is 5.41 Å². The number of aryl methyl sites for hydroxylation is 1. The summed E-state index contributed by atoms with van der Waals surface area (Å²) in [6.07, 6.45) is 9.57. The fourth-order valence-electron chi connectivity index (χ4n) is 4.19. The minimum absolute atomic E-state index is 0.233. The van der Waals surface area contributed by atoms with Crippen LogP contribution >= 0.6 is 11.3 Å². The molecular formula is C18H25N5OS. The lowest BCUT2D eigenvalue weighted by molar-refractivity contribution is -0.132. The fraction of sp³-hybridized carbons (Fsp3) is 0.611. The highest BCUT2D eigenvalue weighted by Crippen LogP contribution is 2.56. The van der Waals surface area contributed by atoms with E-state index >= 15 is 0 Å². The van der Waals surface area contributed by atoms with E-state index in [2.05, 4.69) is 22.0 Å². The van der Waals surface area contributed by atoms with E-state index < -0.39 is 0 Å². The molecule has 1 aliphatic carbocycles. The van der Waals surface area contributed by atoms with Crippen LogP contribution in [-0.4, -0.2) is 56.7 Å². The molecule has 1 saturated carbocycles. The zero-order valence-corrected chi connectivity index (χ0v) is 15.7. The number of thiazole rings is 1. The number of carbonyl (C=O) groups is 1. The average Bonchev–Trinajstić information content (AvgIpc) is 2.92. The molecular weight excluding hydrogens is 334 g/mol. The van der Waals surface area contributed by atoms with Crippen LogP contribution in [0.3, 0.4) is 0 Å². The summed E-state index contributed by atoms with van der Waals surface area (Å²) < 4.78 is 1.75. The second kappa shape index (κ2) is 6.53. The van der Waals surface area contributed by atoms with Crippen LogP contribution in [0.4, 0.5) is 0 Å². The molecule has 2 aromatic heterocycles. The van der Waals surface area contributed by atoms with Gasteiger partial charge in [-0.3, -0.25) is 14.4 Å². The molecule has 25 heavy (non-hydrogen) atoms. The Balaban J connectivity index is 1.28. The van der Waals surface area contributed by atoms with Crippen molar-refractivity contribution in [3.63, 3.8) is 0 Å². The molecule has 0 aromatic carbocycles.